The molecule has 14 heavy (non-hydrogen) atoms. The van der Waals surface area contributed by atoms with E-state index in [0.29, 0.717) is 0 Å². The highest BCUT2D eigenvalue weighted by molar-refractivity contribution is 5.75. The summed E-state index contributed by atoms with van der Waals surface area (Å²) in [5.41, 5.74) is -0.371. The molecule has 0 spiro atoms. The molecule has 0 saturated carbocycles. The number of hydrogen-bond donors (Lipinski definition) is 1. The number of carbonyl (C=O) groups excluding carboxylic acids is 1. The van der Waals surface area contributed by atoms with Gasteiger partial charge < -0.3 is 9.84 Å². The molecule has 0 aromatic carbocycles. The fourth-order valence-electron chi connectivity index (χ4n) is 1.89. The number of rotatable bonds is 3. The van der Waals surface area contributed by atoms with Crippen LogP contribution in [0.1, 0.15) is 41.0 Å². The first-order chi connectivity index (χ1) is 6.10. The number of hydrogen-bond acceptors (Lipinski definition) is 3. The lowest BCUT2D eigenvalue weighted by molar-refractivity contribution is -0.158. The van der Waals surface area contributed by atoms with Crippen molar-refractivity contribution in [1.82, 2.24) is 0 Å². The molecule has 0 fully saturated rings. The van der Waals surface area contributed by atoms with Crippen molar-refractivity contribution in [2.45, 2.75) is 47.1 Å². The molecule has 0 aromatic rings. The quantitative estimate of drug-likeness (QED) is 0.712. The van der Waals surface area contributed by atoms with Crippen LogP contribution < -0.4 is 0 Å². The summed E-state index contributed by atoms with van der Waals surface area (Å²) in [6.07, 6.45) is -0.289. The summed E-state index contributed by atoms with van der Waals surface area (Å²) in [6, 6.07) is 0. The van der Waals surface area contributed by atoms with Crippen LogP contribution in [0.2, 0.25) is 0 Å². The Morgan fingerprint density at radius 3 is 2.00 bits per heavy atom. The van der Waals surface area contributed by atoms with Crippen molar-refractivity contribution in [3.63, 3.8) is 0 Å². The van der Waals surface area contributed by atoms with Gasteiger partial charge in [-0.25, -0.2) is 4.79 Å². The lowest BCUT2D eigenvalue weighted by Crippen LogP contribution is -2.39. The molecule has 0 bridgehead atoms. The minimum atomic E-state index is -1.05. The molecule has 0 rings (SSSR count). The zero-order valence-corrected chi connectivity index (χ0v) is 10.0. The van der Waals surface area contributed by atoms with Gasteiger partial charge in [-0.05, 0) is 11.8 Å². The summed E-state index contributed by atoms with van der Waals surface area (Å²) >= 11 is 0. The summed E-state index contributed by atoms with van der Waals surface area (Å²) in [6.45, 7) is 10.00. The Hall–Kier alpha value is -0.570. The van der Waals surface area contributed by atoms with Gasteiger partial charge >= 0.3 is 5.97 Å². The highest BCUT2D eigenvalue weighted by atomic mass is 16.5. The molecule has 0 aliphatic rings. The number of carbonyl (C=O) groups is 1. The molecule has 0 amide bonds. The van der Waals surface area contributed by atoms with Crippen LogP contribution in [0.25, 0.3) is 0 Å². The number of ether oxygens (including phenoxy) is 1. The Balaban J connectivity index is 4.53. The molecule has 0 aliphatic heterocycles. The van der Waals surface area contributed by atoms with Crippen molar-refractivity contribution >= 4 is 5.97 Å². The first-order valence-corrected chi connectivity index (χ1v) is 4.86. The summed E-state index contributed by atoms with van der Waals surface area (Å²) in [5.74, 6) is -0.556. The van der Waals surface area contributed by atoms with E-state index in [1.807, 2.05) is 13.8 Å². The lowest BCUT2D eigenvalue weighted by Gasteiger charge is -2.34. The van der Waals surface area contributed by atoms with Crippen LogP contribution in [-0.4, -0.2) is 24.3 Å². The van der Waals surface area contributed by atoms with E-state index in [0.717, 1.165) is 6.42 Å². The van der Waals surface area contributed by atoms with Crippen LogP contribution in [0, 0.1) is 10.8 Å². The zero-order valence-electron chi connectivity index (χ0n) is 10.0. The molecule has 1 N–H and O–H groups in total. The number of esters is 1. The van der Waals surface area contributed by atoms with Crippen LogP contribution in [0.4, 0.5) is 0 Å². The number of aliphatic hydroxyl groups excluding tert-OH is 1. The average Bonchev–Trinajstić information content (AvgIpc) is 1.97. The number of aliphatic hydroxyl groups is 1. The van der Waals surface area contributed by atoms with Crippen molar-refractivity contribution in [3.05, 3.63) is 0 Å². The normalized spacial score (nSPS) is 15.1. The molecule has 0 radical (unpaired) electrons. The van der Waals surface area contributed by atoms with Gasteiger partial charge in [-0.3, -0.25) is 0 Å². The molecular formula is C11H22O3. The summed E-state index contributed by atoms with van der Waals surface area (Å²) in [4.78, 5) is 11.2. The number of methoxy groups -OCH3 is 1. The second-order valence-electron chi connectivity index (χ2n) is 5.65. The standard InChI is InChI=1S/C11H22O3/c1-10(2,3)7-11(4,5)8(12)9(13)14-6/h8,12H,7H2,1-6H3. The van der Waals surface area contributed by atoms with E-state index in [1.54, 1.807) is 0 Å². The molecule has 0 heterocycles. The fourth-order valence-corrected chi connectivity index (χ4v) is 1.89. The molecule has 3 heteroatoms. The summed E-state index contributed by atoms with van der Waals surface area (Å²) in [7, 11) is 1.29. The zero-order chi connectivity index (χ0) is 11.6. The van der Waals surface area contributed by atoms with Gasteiger partial charge in [-0.1, -0.05) is 34.6 Å². The summed E-state index contributed by atoms with van der Waals surface area (Å²) in [5, 5.41) is 9.73. The molecular weight excluding hydrogens is 180 g/mol. The Bertz CT molecular complexity index is 201. The van der Waals surface area contributed by atoms with Gasteiger partial charge in [0.05, 0.1) is 7.11 Å². The fraction of sp³-hybridized carbons (Fsp3) is 0.909. The molecule has 0 aromatic heterocycles. The monoisotopic (exact) mass is 202 g/mol. The van der Waals surface area contributed by atoms with E-state index < -0.39 is 17.5 Å². The van der Waals surface area contributed by atoms with Gasteiger partial charge in [0.1, 0.15) is 0 Å². The Kier molecular flexibility index (Phi) is 4.13. The minimum Gasteiger partial charge on any atom is -0.467 e. The topological polar surface area (TPSA) is 46.5 Å². The maximum atomic E-state index is 11.2. The van der Waals surface area contributed by atoms with E-state index in [-0.39, 0.29) is 5.41 Å². The Morgan fingerprint density at radius 1 is 1.29 bits per heavy atom. The third-order valence-electron chi connectivity index (χ3n) is 2.15. The molecule has 84 valence electrons. The third-order valence-corrected chi connectivity index (χ3v) is 2.15. The van der Waals surface area contributed by atoms with Gasteiger partial charge in [-0.15, -0.1) is 0 Å². The molecule has 0 saturated heterocycles. The first kappa shape index (κ1) is 13.4. The van der Waals surface area contributed by atoms with E-state index in [4.69, 9.17) is 0 Å². The molecule has 1 unspecified atom stereocenters. The Labute approximate surface area is 86.5 Å². The largest absolute Gasteiger partial charge is 0.467 e. The Morgan fingerprint density at radius 2 is 1.71 bits per heavy atom. The van der Waals surface area contributed by atoms with Crippen LogP contribution in [-0.2, 0) is 9.53 Å². The second-order valence-corrected chi connectivity index (χ2v) is 5.65. The van der Waals surface area contributed by atoms with Gasteiger partial charge in [0.25, 0.3) is 0 Å². The van der Waals surface area contributed by atoms with Crippen LogP contribution >= 0.6 is 0 Å². The van der Waals surface area contributed by atoms with Gasteiger partial charge in [0, 0.05) is 5.41 Å². The van der Waals surface area contributed by atoms with Crippen molar-refractivity contribution in [1.29, 1.82) is 0 Å². The van der Waals surface area contributed by atoms with E-state index >= 15 is 0 Å². The SMILES string of the molecule is COC(=O)C(O)C(C)(C)CC(C)(C)C. The van der Waals surface area contributed by atoms with Crippen molar-refractivity contribution in [2.24, 2.45) is 10.8 Å². The maximum absolute atomic E-state index is 11.2. The van der Waals surface area contributed by atoms with E-state index in [1.165, 1.54) is 7.11 Å². The van der Waals surface area contributed by atoms with Crippen molar-refractivity contribution in [2.75, 3.05) is 7.11 Å². The van der Waals surface area contributed by atoms with Gasteiger partial charge in [0.15, 0.2) is 6.10 Å². The van der Waals surface area contributed by atoms with Crippen LogP contribution in [0.15, 0.2) is 0 Å². The smallest absolute Gasteiger partial charge is 0.335 e. The first-order valence-electron chi connectivity index (χ1n) is 4.86. The van der Waals surface area contributed by atoms with Gasteiger partial charge in [-0.2, -0.15) is 0 Å². The van der Waals surface area contributed by atoms with Crippen molar-refractivity contribution in [3.8, 4) is 0 Å². The predicted octanol–water partition coefficient (Wildman–Crippen LogP) is 1.98. The maximum Gasteiger partial charge on any atom is 0.335 e. The highest BCUT2D eigenvalue weighted by Crippen LogP contribution is 2.36. The molecule has 1 atom stereocenters. The predicted molar refractivity (Wildman–Crippen MR) is 55.9 cm³/mol. The van der Waals surface area contributed by atoms with Crippen molar-refractivity contribution < 1.29 is 14.6 Å². The van der Waals surface area contributed by atoms with E-state index in [9.17, 15) is 9.90 Å². The van der Waals surface area contributed by atoms with Crippen LogP contribution in [0.5, 0.6) is 0 Å². The lowest BCUT2D eigenvalue weighted by atomic mass is 9.73. The minimum absolute atomic E-state index is 0.0818. The molecule has 3 nitrogen and oxygen atoms in total. The average molecular weight is 202 g/mol. The molecule has 0 aliphatic carbocycles. The van der Waals surface area contributed by atoms with E-state index in [2.05, 4.69) is 25.5 Å². The van der Waals surface area contributed by atoms with Crippen LogP contribution in [0.3, 0.4) is 0 Å². The van der Waals surface area contributed by atoms with Gasteiger partial charge in [0.2, 0.25) is 0 Å². The summed E-state index contributed by atoms with van der Waals surface area (Å²) < 4.78 is 4.52. The highest BCUT2D eigenvalue weighted by Gasteiger charge is 2.37. The third kappa shape index (κ3) is 4.09. The second kappa shape index (κ2) is 4.30.